The van der Waals surface area contributed by atoms with Gasteiger partial charge in [0.05, 0.1) is 28.5 Å². The van der Waals surface area contributed by atoms with E-state index < -0.39 is 11.9 Å². The molecule has 1 saturated heterocycles. The van der Waals surface area contributed by atoms with Gasteiger partial charge in [0.1, 0.15) is 11.1 Å². The summed E-state index contributed by atoms with van der Waals surface area (Å²) in [6, 6.07) is 15.7. The van der Waals surface area contributed by atoms with E-state index in [2.05, 4.69) is 18.0 Å². The number of piperidine rings is 1. The first-order chi connectivity index (χ1) is 16.8. The number of hydrogen-bond acceptors (Lipinski definition) is 8. The quantitative estimate of drug-likeness (QED) is 0.383. The van der Waals surface area contributed by atoms with Crippen LogP contribution in [0, 0.1) is 0 Å². The van der Waals surface area contributed by atoms with Crippen LogP contribution in [-0.4, -0.2) is 70.9 Å². The van der Waals surface area contributed by atoms with Crippen LogP contribution in [0.1, 0.15) is 46.8 Å². The van der Waals surface area contributed by atoms with Crippen molar-refractivity contribution in [2.24, 2.45) is 0 Å². The molecule has 10 heteroatoms. The highest BCUT2D eigenvalue weighted by Gasteiger charge is 2.26. The first kappa shape index (κ1) is 26.3. The number of fused-ring (bicyclic) bond motifs is 1. The Kier molecular flexibility index (Phi) is 9.30. The number of benzene rings is 2. The van der Waals surface area contributed by atoms with Crippen molar-refractivity contribution in [2.75, 3.05) is 26.7 Å². The van der Waals surface area contributed by atoms with E-state index in [0.29, 0.717) is 12.2 Å². The van der Waals surface area contributed by atoms with E-state index in [1.165, 1.54) is 0 Å². The number of carboxylic acid groups (broad SMARTS) is 2. The summed E-state index contributed by atoms with van der Waals surface area (Å²) < 4.78 is 12.9. The van der Waals surface area contributed by atoms with Crippen molar-refractivity contribution in [3.05, 3.63) is 64.7 Å². The molecule has 1 unspecified atom stereocenters. The molecule has 1 aromatic heterocycles. The highest BCUT2D eigenvalue weighted by molar-refractivity contribution is 7.18. The van der Waals surface area contributed by atoms with Crippen molar-refractivity contribution in [1.82, 2.24) is 9.88 Å². The third-order valence-electron chi connectivity index (χ3n) is 5.41. The lowest BCUT2D eigenvalue weighted by molar-refractivity contribution is -0.159. The molecule has 9 nitrogen and oxygen atoms in total. The average Bonchev–Trinajstić information content (AvgIpc) is 3.28. The Hall–Kier alpha value is -3.34. The van der Waals surface area contributed by atoms with Crippen LogP contribution in [0.5, 0.6) is 0 Å². The second-order valence-corrected chi connectivity index (χ2v) is 9.06. The van der Waals surface area contributed by atoms with Gasteiger partial charge >= 0.3 is 17.9 Å². The van der Waals surface area contributed by atoms with Crippen LogP contribution in [0.3, 0.4) is 0 Å². The van der Waals surface area contributed by atoms with E-state index in [9.17, 15) is 4.79 Å². The van der Waals surface area contributed by atoms with Gasteiger partial charge in [-0.05, 0) is 56.6 Å². The maximum absolute atomic E-state index is 12.2. The van der Waals surface area contributed by atoms with Gasteiger partial charge in [-0.15, -0.1) is 11.3 Å². The van der Waals surface area contributed by atoms with Crippen molar-refractivity contribution in [1.29, 1.82) is 0 Å². The molecule has 1 aliphatic rings. The monoisotopic (exact) mass is 500 g/mol. The number of carbonyl (C=O) groups excluding carboxylic acids is 1. The zero-order chi connectivity index (χ0) is 25.4. The number of para-hydroxylation sites is 1. The molecular formula is C25H28N2O7S. The van der Waals surface area contributed by atoms with E-state index in [0.717, 1.165) is 46.7 Å². The summed E-state index contributed by atoms with van der Waals surface area (Å²) in [5.74, 6) is -3.96. The molecule has 2 aromatic carbocycles. The number of hydrogen-bond donors (Lipinski definition) is 2. The van der Waals surface area contributed by atoms with Crippen LogP contribution in [0.15, 0.2) is 48.5 Å². The summed E-state index contributed by atoms with van der Waals surface area (Å²) >= 11 is 1.65. The lowest BCUT2D eigenvalue weighted by Crippen LogP contribution is -2.35. The summed E-state index contributed by atoms with van der Waals surface area (Å²) in [5.41, 5.74) is 2.46. The number of aliphatic carboxylic acids is 2. The number of carbonyl (C=O) groups is 3. The van der Waals surface area contributed by atoms with Gasteiger partial charge in [0, 0.05) is 13.1 Å². The second kappa shape index (κ2) is 12.4. The number of nitrogens with zero attached hydrogens (tertiary/aromatic N) is 2. The van der Waals surface area contributed by atoms with E-state index >= 15 is 0 Å². The summed E-state index contributed by atoms with van der Waals surface area (Å²) in [4.78, 5) is 37.6. The van der Waals surface area contributed by atoms with E-state index in [4.69, 9.17) is 34.3 Å². The van der Waals surface area contributed by atoms with Crippen LogP contribution in [-0.2, 0) is 19.1 Å². The van der Waals surface area contributed by atoms with Gasteiger partial charge in [-0.3, -0.25) is 0 Å². The Morgan fingerprint density at radius 2 is 1.77 bits per heavy atom. The Morgan fingerprint density at radius 3 is 2.40 bits per heavy atom. The minimum absolute atomic E-state index is 0.175. The van der Waals surface area contributed by atoms with Crippen molar-refractivity contribution in [2.45, 2.75) is 32.0 Å². The maximum atomic E-state index is 12.2. The van der Waals surface area contributed by atoms with Gasteiger partial charge in [0.25, 0.3) is 0 Å². The van der Waals surface area contributed by atoms with Crippen LogP contribution >= 0.6 is 11.3 Å². The Balaban J connectivity index is 0.000000509. The Morgan fingerprint density at radius 1 is 1.09 bits per heavy atom. The lowest BCUT2D eigenvalue weighted by atomic mass is 10.0. The normalized spacial score (nSPS) is 15.1. The number of thiazole rings is 1. The zero-order valence-electron chi connectivity index (χ0n) is 19.5. The summed E-state index contributed by atoms with van der Waals surface area (Å²) in [5, 5.41) is 15.7. The molecule has 0 saturated carbocycles. The van der Waals surface area contributed by atoms with Crippen molar-refractivity contribution in [3.8, 4) is 0 Å². The second-order valence-electron chi connectivity index (χ2n) is 7.99. The molecule has 0 aliphatic carbocycles. The van der Waals surface area contributed by atoms with Gasteiger partial charge in [-0.2, -0.15) is 0 Å². The molecule has 0 bridgehead atoms. The topological polar surface area (TPSA) is 126 Å². The van der Waals surface area contributed by atoms with Crippen molar-refractivity contribution >= 4 is 39.5 Å². The first-order valence-electron chi connectivity index (χ1n) is 11.2. The number of ether oxygens (including phenoxy) is 2. The van der Waals surface area contributed by atoms with E-state index in [-0.39, 0.29) is 18.2 Å². The molecule has 3 aromatic rings. The molecular weight excluding hydrogens is 472 g/mol. The van der Waals surface area contributed by atoms with Gasteiger partial charge in [-0.1, -0.05) is 24.3 Å². The number of likely N-dealkylation sites (tertiary alicyclic amines) is 1. The van der Waals surface area contributed by atoms with Crippen LogP contribution in [0.4, 0.5) is 0 Å². The van der Waals surface area contributed by atoms with E-state index in [1.54, 1.807) is 17.4 Å². The van der Waals surface area contributed by atoms with Crippen molar-refractivity contribution < 1.29 is 34.1 Å². The van der Waals surface area contributed by atoms with E-state index in [1.807, 2.05) is 43.3 Å². The fourth-order valence-corrected chi connectivity index (χ4v) is 4.67. The highest BCUT2D eigenvalue weighted by Crippen LogP contribution is 2.35. The first-order valence-corrected chi connectivity index (χ1v) is 12.0. The molecule has 35 heavy (non-hydrogen) atoms. The molecule has 1 fully saturated rings. The van der Waals surface area contributed by atoms with Gasteiger partial charge in [0.2, 0.25) is 0 Å². The molecule has 0 radical (unpaired) electrons. The molecule has 0 amide bonds. The third kappa shape index (κ3) is 7.32. The molecule has 1 aliphatic heterocycles. The van der Waals surface area contributed by atoms with Crippen LogP contribution in [0.2, 0.25) is 0 Å². The fourth-order valence-electron chi connectivity index (χ4n) is 3.64. The fraction of sp³-hybridized carbons (Fsp3) is 0.360. The van der Waals surface area contributed by atoms with Gasteiger partial charge in [-0.25, -0.2) is 19.4 Å². The molecule has 186 valence electrons. The van der Waals surface area contributed by atoms with Crippen LogP contribution in [0.25, 0.3) is 10.2 Å². The maximum Gasteiger partial charge on any atom is 0.414 e. The predicted octanol–water partition coefficient (Wildman–Crippen LogP) is 3.83. The third-order valence-corrected chi connectivity index (χ3v) is 6.49. The predicted molar refractivity (Wildman–Crippen MR) is 131 cm³/mol. The summed E-state index contributed by atoms with van der Waals surface area (Å²) in [6.07, 6.45) is 1.87. The van der Waals surface area contributed by atoms with Gasteiger partial charge < -0.3 is 24.6 Å². The molecule has 1 atom stereocenters. The average molecular weight is 501 g/mol. The SMILES string of the molecule is CCOC(=O)c1cccc(C(OC2CCN(C)CC2)c2nc3ccccc3s2)c1.O=C(O)C(=O)O. The molecule has 2 heterocycles. The number of esters is 1. The Bertz CT molecular complexity index is 1130. The summed E-state index contributed by atoms with van der Waals surface area (Å²) in [6.45, 7) is 4.23. The zero-order valence-corrected chi connectivity index (χ0v) is 20.4. The van der Waals surface area contributed by atoms with Crippen LogP contribution < -0.4 is 0 Å². The molecule has 0 spiro atoms. The van der Waals surface area contributed by atoms with Gasteiger partial charge in [0.15, 0.2) is 0 Å². The smallest absolute Gasteiger partial charge is 0.414 e. The van der Waals surface area contributed by atoms with Crippen molar-refractivity contribution in [3.63, 3.8) is 0 Å². The minimum atomic E-state index is -1.82. The summed E-state index contributed by atoms with van der Waals surface area (Å²) in [7, 11) is 2.14. The minimum Gasteiger partial charge on any atom is -0.473 e. The number of carboxylic acids is 2. The molecule has 4 rings (SSSR count). The standard InChI is InChI=1S/C23H26N2O3S.C2H2O4/c1-3-27-23(26)17-8-6-7-16(15-17)21(28-18-11-13-25(2)14-12-18)22-24-19-9-4-5-10-20(19)29-22;3-1(4)2(5)6/h4-10,15,18,21H,3,11-14H2,1-2H3;(H,3,4)(H,5,6). The lowest BCUT2D eigenvalue weighted by Gasteiger charge is -2.31. The number of aromatic nitrogens is 1. The highest BCUT2D eigenvalue weighted by atomic mass is 32.1. The number of rotatable bonds is 6. The Labute approximate surface area is 206 Å². The largest absolute Gasteiger partial charge is 0.473 e. The molecule has 2 N–H and O–H groups in total.